The minimum Gasteiger partial charge on any atom is -0.376 e. The first-order valence-corrected chi connectivity index (χ1v) is 6.83. The summed E-state index contributed by atoms with van der Waals surface area (Å²) in [5.41, 5.74) is 1.05. The molecule has 2 N–H and O–H groups in total. The molecule has 0 saturated carbocycles. The zero-order valence-corrected chi connectivity index (χ0v) is 12.8. The molecule has 0 aromatic carbocycles. The van der Waals surface area contributed by atoms with Crippen molar-refractivity contribution < 1.29 is 4.79 Å². The summed E-state index contributed by atoms with van der Waals surface area (Å²) in [5, 5.41) is 5.82. The number of nitrogens with one attached hydrogen (secondary N) is 2. The van der Waals surface area contributed by atoms with E-state index in [2.05, 4.69) is 36.0 Å². The number of carbonyl (C=O) groups excluding carboxylic acids is 1. The summed E-state index contributed by atoms with van der Waals surface area (Å²) >= 11 is 0. The fourth-order valence-electron chi connectivity index (χ4n) is 1.40. The predicted molar refractivity (Wildman–Crippen MR) is 79.3 cm³/mol. The highest BCUT2D eigenvalue weighted by Crippen LogP contribution is 1.92. The SMILES string of the molecule is C=C(C)NCN(CCC)CCC.CCNC(C)=O. The van der Waals surface area contributed by atoms with E-state index in [9.17, 15) is 4.79 Å². The third-order valence-corrected chi connectivity index (χ3v) is 2.11. The number of hydrogen-bond donors (Lipinski definition) is 2. The number of allylic oxidation sites excluding steroid dienone is 1. The van der Waals surface area contributed by atoms with Crippen LogP contribution in [0.4, 0.5) is 0 Å². The highest BCUT2D eigenvalue weighted by Gasteiger charge is 1.99. The van der Waals surface area contributed by atoms with E-state index in [0.29, 0.717) is 0 Å². The molecular weight excluding hydrogens is 226 g/mol. The van der Waals surface area contributed by atoms with Crippen molar-refractivity contribution in [1.29, 1.82) is 0 Å². The normalized spacial score (nSPS) is 9.44. The molecule has 0 aliphatic heterocycles. The molecule has 0 aliphatic rings. The minimum absolute atomic E-state index is 0.0394. The molecule has 108 valence electrons. The number of hydrogen-bond acceptors (Lipinski definition) is 3. The van der Waals surface area contributed by atoms with Crippen molar-refractivity contribution in [3.05, 3.63) is 12.3 Å². The Hall–Kier alpha value is -1.03. The van der Waals surface area contributed by atoms with Gasteiger partial charge in [0, 0.05) is 19.2 Å². The highest BCUT2D eigenvalue weighted by molar-refractivity contribution is 5.72. The minimum atomic E-state index is 0.0394. The van der Waals surface area contributed by atoms with Gasteiger partial charge in [0.1, 0.15) is 0 Å². The van der Waals surface area contributed by atoms with Crippen molar-refractivity contribution in [3.63, 3.8) is 0 Å². The molecule has 0 rings (SSSR count). The summed E-state index contributed by atoms with van der Waals surface area (Å²) in [5.74, 6) is 0.0394. The van der Waals surface area contributed by atoms with E-state index >= 15 is 0 Å². The highest BCUT2D eigenvalue weighted by atomic mass is 16.1. The molecule has 1 amide bonds. The van der Waals surface area contributed by atoms with Crippen molar-refractivity contribution in [2.45, 2.75) is 47.5 Å². The second kappa shape index (κ2) is 14.0. The summed E-state index contributed by atoms with van der Waals surface area (Å²) in [6.07, 6.45) is 2.44. The maximum Gasteiger partial charge on any atom is 0.216 e. The number of rotatable bonds is 8. The van der Waals surface area contributed by atoms with Gasteiger partial charge in [-0.05, 0) is 39.8 Å². The second-order valence-corrected chi connectivity index (χ2v) is 4.32. The third kappa shape index (κ3) is 17.4. The largest absolute Gasteiger partial charge is 0.376 e. The molecule has 0 aromatic heterocycles. The summed E-state index contributed by atoms with van der Waals surface area (Å²) in [4.78, 5) is 12.3. The molecule has 0 spiro atoms. The second-order valence-electron chi connectivity index (χ2n) is 4.32. The first-order valence-electron chi connectivity index (χ1n) is 6.83. The molecule has 0 aliphatic carbocycles. The lowest BCUT2D eigenvalue weighted by atomic mass is 10.4. The fourth-order valence-corrected chi connectivity index (χ4v) is 1.40. The van der Waals surface area contributed by atoms with Crippen LogP contribution in [0.1, 0.15) is 47.5 Å². The van der Waals surface area contributed by atoms with Crippen LogP contribution in [0, 0.1) is 0 Å². The average molecular weight is 257 g/mol. The van der Waals surface area contributed by atoms with Crippen molar-refractivity contribution >= 4 is 5.91 Å². The maximum atomic E-state index is 9.93. The van der Waals surface area contributed by atoms with Crippen LogP contribution in [0.15, 0.2) is 12.3 Å². The quantitative estimate of drug-likeness (QED) is 0.656. The van der Waals surface area contributed by atoms with Crippen molar-refractivity contribution in [2.75, 3.05) is 26.3 Å². The van der Waals surface area contributed by atoms with Crippen LogP contribution in [0.5, 0.6) is 0 Å². The lowest BCUT2D eigenvalue weighted by Gasteiger charge is -2.21. The topological polar surface area (TPSA) is 44.4 Å². The molecule has 0 fully saturated rings. The van der Waals surface area contributed by atoms with Gasteiger partial charge in [0.2, 0.25) is 5.91 Å². The maximum absolute atomic E-state index is 9.93. The van der Waals surface area contributed by atoms with E-state index in [1.54, 1.807) is 0 Å². The van der Waals surface area contributed by atoms with Gasteiger partial charge in [-0.1, -0.05) is 20.4 Å². The molecule has 0 unspecified atom stereocenters. The molecule has 0 radical (unpaired) electrons. The van der Waals surface area contributed by atoms with Gasteiger partial charge in [0.15, 0.2) is 0 Å². The zero-order chi connectivity index (χ0) is 14.4. The Kier molecular flexibility index (Phi) is 15.1. The van der Waals surface area contributed by atoms with Gasteiger partial charge in [-0.25, -0.2) is 0 Å². The lowest BCUT2D eigenvalue weighted by molar-refractivity contribution is -0.118. The Morgan fingerprint density at radius 2 is 1.56 bits per heavy atom. The summed E-state index contributed by atoms with van der Waals surface area (Å²) in [6, 6.07) is 0. The molecule has 18 heavy (non-hydrogen) atoms. The summed E-state index contributed by atoms with van der Waals surface area (Å²) < 4.78 is 0. The summed E-state index contributed by atoms with van der Waals surface area (Å²) in [6.45, 7) is 17.6. The first kappa shape index (κ1) is 19.3. The Morgan fingerprint density at radius 1 is 1.06 bits per heavy atom. The van der Waals surface area contributed by atoms with Crippen LogP contribution in [0.2, 0.25) is 0 Å². The number of carbonyl (C=O) groups is 1. The Labute approximate surface area is 113 Å². The number of amides is 1. The average Bonchev–Trinajstić information content (AvgIpc) is 2.27. The number of nitrogens with zero attached hydrogens (tertiary/aromatic N) is 1. The van der Waals surface area contributed by atoms with Gasteiger partial charge < -0.3 is 10.6 Å². The molecule has 4 heteroatoms. The Morgan fingerprint density at radius 3 is 1.78 bits per heavy atom. The molecular formula is C14H31N3O. The fraction of sp³-hybridized carbons (Fsp3) is 0.786. The van der Waals surface area contributed by atoms with Crippen LogP contribution in [0.25, 0.3) is 0 Å². The van der Waals surface area contributed by atoms with E-state index in [-0.39, 0.29) is 5.91 Å². The van der Waals surface area contributed by atoms with Gasteiger partial charge in [0.05, 0.1) is 6.67 Å². The predicted octanol–water partition coefficient (Wildman–Crippen LogP) is 2.33. The van der Waals surface area contributed by atoms with Gasteiger partial charge in [-0.15, -0.1) is 0 Å². The third-order valence-electron chi connectivity index (χ3n) is 2.11. The van der Waals surface area contributed by atoms with Gasteiger partial charge in [0.25, 0.3) is 0 Å². The van der Waals surface area contributed by atoms with Gasteiger partial charge >= 0.3 is 0 Å². The smallest absolute Gasteiger partial charge is 0.216 e. The molecule has 4 nitrogen and oxygen atoms in total. The van der Waals surface area contributed by atoms with Crippen LogP contribution in [-0.2, 0) is 4.79 Å². The van der Waals surface area contributed by atoms with Crippen LogP contribution >= 0.6 is 0 Å². The lowest BCUT2D eigenvalue weighted by Crippen LogP contribution is -2.34. The van der Waals surface area contributed by atoms with Crippen LogP contribution in [0.3, 0.4) is 0 Å². The molecule has 0 bridgehead atoms. The zero-order valence-electron chi connectivity index (χ0n) is 12.8. The van der Waals surface area contributed by atoms with E-state index in [0.717, 1.165) is 18.9 Å². The van der Waals surface area contributed by atoms with E-state index in [1.165, 1.54) is 32.9 Å². The molecule has 0 heterocycles. The van der Waals surface area contributed by atoms with E-state index < -0.39 is 0 Å². The van der Waals surface area contributed by atoms with E-state index in [1.807, 2.05) is 13.8 Å². The monoisotopic (exact) mass is 257 g/mol. The first-order chi connectivity index (χ1) is 8.47. The summed E-state index contributed by atoms with van der Waals surface area (Å²) in [7, 11) is 0. The Balaban J connectivity index is 0. The van der Waals surface area contributed by atoms with Crippen molar-refractivity contribution in [2.24, 2.45) is 0 Å². The molecule has 0 saturated heterocycles. The standard InChI is InChI=1S/C10H22N2.C4H9NO/c1-5-7-12(8-6-2)9-11-10(3)4;1-3-5-4(2)6/h11H,3,5-9H2,1-2,4H3;3H2,1-2H3,(H,5,6). The van der Waals surface area contributed by atoms with Crippen LogP contribution < -0.4 is 10.6 Å². The van der Waals surface area contributed by atoms with E-state index in [4.69, 9.17) is 0 Å². The van der Waals surface area contributed by atoms with Gasteiger partial charge in [-0.3, -0.25) is 9.69 Å². The Bertz CT molecular complexity index is 211. The van der Waals surface area contributed by atoms with Crippen molar-refractivity contribution in [3.8, 4) is 0 Å². The van der Waals surface area contributed by atoms with Gasteiger partial charge in [-0.2, -0.15) is 0 Å². The molecule has 0 aromatic rings. The van der Waals surface area contributed by atoms with Crippen molar-refractivity contribution in [1.82, 2.24) is 15.5 Å². The molecule has 0 atom stereocenters. The van der Waals surface area contributed by atoms with Crippen LogP contribution in [-0.4, -0.2) is 37.1 Å².